The Balaban J connectivity index is 1.36. The lowest BCUT2D eigenvalue weighted by molar-refractivity contribution is 0.181. The Bertz CT molecular complexity index is 1540. The second-order valence-corrected chi connectivity index (χ2v) is 14.3. The van der Waals surface area contributed by atoms with Crippen LogP contribution in [0.15, 0.2) is 18.3 Å². The molecule has 5 aliphatic rings. The molecule has 6 nitrogen and oxygen atoms in total. The molecule has 230 valence electrons. The number of aromatic hydroxyl groups is 1. The first-order valence-corrected chi connectivity index (χ1v) is 16.6. The molecule has 5 aliphatic heterocycles. The Morgan fingerprint density at radius 2 is 1.86 bits per heavy atom. The highest BCUT2D eigenvalue weighted by Gasteiger charge is 2.48. The van der Waals surface area contributed by atoms with E-state index in [4.69, 9.17) is 21.6 Å². The molecule has 0 amide bonds. The molecule has 2 aromatic heterocycles. The molecule has 2 unspecified atom stereocenters. The van der Waals surface area contributed by atoms with Crippen molar-refractivity contribution >= 4 is 28.3 Å². The summed E-state index contributed by atoms with van der Waals surface area (Å²) in [4.78, 5) is 19.2. The first-order valence-electron chi connectivity index (χ1n) is 16.2. The van der Waals surface area contributed by atoms with Crippen molar-refractivity contribution in [2.24, 2.45) is 5.41 Å². The highest BCUT2D eigenvalue weighted by molar-refractivity contribution is 6.32. The van der Waals surface area contributed by atoms with Crippen molar-refractivity contribution in [3.63, 3.8) is 0 Å². The summed E-state index contributed by atoms with van der Waals surface area (Å²) in [6.07, 6.45) is 13.3. The highest BCUT2D eigenvalue weighted by atomic mass is 35.5. The zero-order valence-electron chi connectivity index (χ0n) is 25.1. The van der Waals surface area contributed by atoms with Crippen LogP contribution < -0.4 is 4.90 Å². The zero-order valence-corrected chi connectivity index (χ0v) is 25.9. The maximum Gasteiger partial charge on any atom is 0.175 e. The average molecular weight is 610 g/mol. The van der Waals surface area contributed by atoms with E-state index in [2.05, 4.69) is 21.7 Å². The SMILES string of the molecule is CC12CCCCCCc3c(Cl)cc(O)cc3-c3ncc4c(nc(CC[C@@]56CCCN5CC(F)C6)nc4c3F)N(CCC1)C2. The average Bonchev–Trinajstić information content (AvgIpc) is 3.49. The number of nitrogens with zero attached hydrogens (tertiary/aromatic N) is 5. The van der Waals surface area contributed by atoms with E-state index >= 15 is 4.39 Å². The van der Waals surface area contributed by atoms with Crippen LogP contribution in [-0.2, 0) is 12.8 Å². The van der Waals surface area contributed by atoms with Gasteiger partial charge in [-0.3, -0.25) is 9.88 Å². The van der Waals surface area contributed by atoms with Crippen molar-refractivity contribution in [1.82, 2.24) is 19.9 Å². The van der Waals surface area contributed by atoms with Crippen LogP contribution in [0.3, 0.4) is 0 Å². The largest absolute Gasteiger partial charge is 0.508 e. The first kappa shape index (κ1) is 29.1. The maximum absolute atomic E-state index is 16.7. The molecule has 3 atom stereocenters. The molecule has 43 heavy (non-hydrogen) atoms. The van der Waals surface area contributed by atoms with Crippen molar-refractivity contribution in [1.29, 1.82) is 0 Å². The Morgan fingerprint density at radius 3 is 2.74 bits per heavy atom. The molecule has 3 saturated heterocycles. The van der Waals surface area contributed by atoms with Gasteiger partial charge in [0.25, 0.3) is 0 Å². The van der Waals surface area contributed by atoms with Crippen LogP contribution in [0.25, 0.3) is 22.2 Å². The lowest BCUT2D eigenvalue weighted by Crippen LogP contribution is -2.42. The minimum atomic E-state index is -0.791. The fraction of sp³-hybridized carbons (Fsp3) is 0.618. The predicted molar refractivity (Wildman–Crippen MR) is 167 cm³/mol. The number of alkyl halides is 1. The van der Waals surface area contributed by atoms with Gasteiger partial charge in [0, 0.05) is 48.4 Å². The molecule has 0 saturated carbocycles. The summed E-state index contributed by atoms with van der Waals surface area (Å²) in [5.41, 5.74) is 1.75. The number of hydrogen-bond acceptors (Lipinski definition) is 6. The molecule has 0 aliphatic carbocycles. The summed E-state index contributed by atoms with van der Waals surface area (Å²) < 4.78 is 31.2. The second kappa shape index (κ2) is 11.4. The Labute approximate surface area is 257 Å². The first-order chi connectivity index (χ1) is 20.7. The van der Waals surface area contributed by atoms with Crippen molar-refractivity contribution in [3.05, 3.63) is 40.6 Å². The van der Waals surface area contributed by atoms with Crippen molar-refractivity contribution in [2.75, 3.05) is 31.1 Å². The van der Waals surface area contributed by atoms with Crippen LogP contribution >= 0.6 is 11.6 Å². The zero-order chi connectivity index (χ0) is 29.8. The Morgan fingerprint density at radius 1 is 1.05 bits per heavy atom. The number of pyridine rings is 1. The smallest absolute Gasteiger partial charge is 0.175 e. The van der Waals surface area contributed by atoms with E-state index in [1.165, 1.54) is 18.9 Å². The number of piperidine rings is 1. The molecule has 0 radical (unpaired) electrons. The normalized spacial score (nSPS) is 28.1. The monoisotopic (exact) mass is 609 g/mol. The van der Waals surface area contributed by atoms with E-state index in [-0.39, 0.29) is 27.9 Å². The summed E-state index contributed by atoms with van der Waals surface area (Å²) in [5.74, 6) is 0.826. The van der Waals surface area contributed by atoms with Gasteiger partial charge in [0.1, 0.15) is 34.8 Å². The van der Waals surface area contributed by atoms with Gasteiger partial charge in [-0.2, -0.15) is 0 Å². The fourth-order valence-electron chi connectivity index (χ4n) is 8.58. The van der Waals surface area contributed by atoms with Crippen LogP contribution in [-0.4, -0.2) is 62.8 Å². The number of aromatic nitrogens is 3. The molecule has 3 fully saturated rings. The predicted octanol–water partition coefficient (Wildman–Crippen LogP) is 7.81. The third kappa shape index (κ3) is 5.47. The van der Waals surface area contributed by atoms with E-state index < -0.39 is 12.0 Å². The summed E-state index contributed by atoms with van der Waals surface area (Å²) in [5, 5.41) is 11.5. The third-order valence-corrected chi connectivity index (χ3v) is 11.1. The van der Waals surface area contributed by atoms with Crippen molar-refractivity contribution in [3.8, 4) is 17.0 Å². The van der Waals surface area contributed by atoms with E-state index in [1.54, 1.807) is 12.3 Å². The Hall–Kier alpha value is -2.58. The maximum atomic E-state index is 16.7. The number of aryl methyl sites for hydroxylation is 1. The number of halogens is 3. The topological polar surface area (TPSA) is 65.4 Å². The van der Waals surface area contributed by atoms with E-state index in [1.807, 2.05) is 0 Å². The molecule has 6 bridgehead atoms. The molecule has 7 heterocycles. The van der Waals surface area contributed by atoms with Gasteiger partial charge >= 0.3 is 0 Å². The molecule has 1 N–H and O–H groups in total. The van der Waals surface area contributed by atoms with Gasteiger partial charge in [0.2, 0.25) is 0 Å². The number of hydrogen-bond donors (Lipinski definition) is 1. The molecule has 3 aromatic rings. The lowest BCUT2D eigenvalue weighted by atomic mass is 9.77. The van der Waals surface area contributed by atoms with Crippen LogP contribution in [0.5, 0.6) is 5.75 Å². The number of phenolic OH excluding ortho intramolecular Hbond substituents is 1. The minimum absolute atomic E-state index is 0.0146. The van der Waals surface area contributed by atoms with Crippen LogP contribution in [0.1, 0.15) is 88.9 Å². The van der Waals surface area contributed by atoms with Gasteiger partial charge in [0.05, 0.1) is 5.39 Å². The molecule has 8 rings (SSSR count). The molecule has 0 spiro atoms. The van der Waals surface area contributed by atoms with Gasteiger partial charge in [-0.25, -0.2) is 18.7 Å². The summed E-state index contributed by atoms with van der Waals surface area (Å²) in [7, 11) is 0. The van der Waals surface area contributed by atoms with Crippen LogP contribution in [0.4, 0.5) is 14.6 Å². The number of phenols is 1. The third-order valence-electron chi connectivity index (χ3n) is 10.8. The van der Waals surface area contributed by atoms with Crippen LogP contribution in [0.2, 0.25) is 5.02 Å². The van der Waals surface area contributed by atoms with Crippen molar-refractivity contribution in [2.45, 2.75) is 102 Å². The summed E-state index contributed by atoms with van der Waals surface area (Å²) in [6.45, 7) is 5.56. The number of anilines is 1. The second-order valence-electron chi connectivity index (χ2n) is 13.9. The van der Waals surface area contributed by atoms with Gasteiger partial charge in [-0.15, -0.1) is 0 Å². The van der Waals surface area contributed by atoms with E-state index in [0.717, 1.165) is 82.4 Å². The van der Waals surface area contributed by atoms with Gasteiger partial charge in [0.15, 0.2) is 5.82 Å². The fourth-order valence-corrected chi connectivity index (χ4v) is 8.89. The summed E-state index contributed by atoms with van der Waals surface area (Å²) in [6, 6.07) is 3.10. The van der Waals surface area contributed by atoms with Crippen LogP contribution in [0, 0.1) is 11.2 Å². The summed E-state index contributed by atoms with van der Waals surface area (Å²) >= 11 is 6.64. The minimum Gasteiger partial charge on any atom is -0.508 e. The van der Waals surface area contributed by atoms with Gasteiger partial charge in [-0.1, -0.05) is 37.8 Å². The molecule has 1 aromatic carbocycles. The van der Waals surface area contributed by atoms with E-state index in [0.29, 0.717) is 47.6 Å². The van der Waals surface area contributed by atoms with E-state index in [9.17, 15) is 9.50 Å². The van der Waals surface area contributed by atoms with Gasteiger partial charge < -0.3 is 10.0 Å². The van der Waals surface area contributed by atoms with Gasteiger partial charge in [-0.05, 0) is 87.4 Å². The molecular formula is C34H42ClF2N5O. The molecule has 9 heteroatoms. The quantitative estimate of drug-likeness (QED) is 0.327. The molecular weight excluding hydrogens is 568 g/mol. The number of fused-ring (bicyclic) bond motifs is 7. The lowest BCUT2D eigenvalue weighted by Gasteiger charge is -2.41. The Kier molecular flexibility index (Phi) is 7.73. The standard InChI is InChI=1S/C34H42ClF2N5O/c1-33-10-5-3-2-4-8-24-25(16-23(43)17-27(24)35)30-29(37)31-26(19-38-30)32(41(21-33)14-6-11-33)40-28(39-31)9-13-34-12-7-15-42(34)20-22(36)18-34/h16-17,19,22,43H,2-15,18,20-21H2,1H3/t22?,33?,34-/m1/s1. The number of benzene rings is 1. The number of rotatable bonds is 3. The highest BCUT2D eigenvalue weighted by Crippen LogP contribution is 2.44. The van der Waals surface area contributed by atoms with Crippen molar-refractivity contribution < 1.29 is 13.9 Å².